The van der Waals surface area contributed by atoms with Gasteiger partial charge in [0.2, 0.25) is 0 Å². The van der Waals surface area contributed by atoms with Crippen LogP contribution in [-0.4, -0.2) is 53.5 Å². The maximum Gasteiger partial charge on any atom is 0.306 e. The zero-order chi connectivity index (χ0) is 28.9. The number of nitrogens with zero attached hydrogens (tertiary/aromatic N) is 3. The molecule has 2 heterocycles. The van der Waals surface area contributed by atoms with E-state index in [1.807, 2.05) is 49.2 Å². The Hall–Kier alpha value is -3.39. The highest BCUT2D eigenvalue weighted by molar-refractivity contribution is 7.14. The van der Waals surface area contributed by atoms with Gasteiger partial charge in [-0.15, -0.1) is 11.3 Å². The molecule has 1 aromatic heterocycles. The van der Waals surface area contributed by atoms with Crippen LogP contribution in [0.3, 0.4) is 0 Å². The van der Waals surface area contributed by atoms with E-state index in [0.717, 1.165) is 50.9 Å². The number of carboxylic acids is 1. The number of thiazole rings is 1. The first-order valence-electron chi connectivity index (χ1n) is 14.8. The second kappa shape index (κ2) is 13.1. The van der Waals surface area contributed by atoms with Crippen LogP contribution in [0.2, 0.25) is 0 Å². The molecule has 8 heteroatoms. The van der Waals surface area contributed by atoms with E-state index in [1.165, 1.54) is 32.1 Å². The molecule has 218 valence electrons. The molecule has 3 aromatic rings. The molecule has 0 unspecified atom stereocenters. The Morgan fingerprint density at radius 2 is 1.80 bits per heavy atom. The van der Waals surface area contributed by atoms with Gasteiger partial charge in [-0.25, -0.2) is 4.98 Å². The molecule has 1 aliphatic carbocycles. The standard InChI is InChI=1S/C33H41N3O4S/c1-22-9-12-30(28(17-22)29-21-41-33(34-29)36-15-13-25(14-16-36)32(38)39)40-20-27-11-10-26(18-23(27)2)31(37)35(3)19-24-7-5-4-6-8-24/h9-12,17-18,21,24-25H,4-8,13-16,19-20H2,1-3H3,(H,38,39). The molecule has 7 nitrogen and oxygen atoms in total. The Kier molecular flexibility index (Phi) is 9.28. The fourth-order valence-corrected chi connectivity index (χ4v) is 6.91. The van der Waals surface area contributed by atoms with Crippen LogP contribution in [0, 0.1) is 25.7 Å². The van der Waals surface area contributed by atoms with Gasteiger partial charge in [-0.1, -0.05) is 37.0 Å². The van der Waals surface area contributed by atoms with Crippen molar-refractivity contribution in [3.05, 3.63) is 64.0 Å². The minimum absolute atomic E-state index is 0.0819. The van der Waals surface area contributed by atoms with Gasteiger partial charge in [0.15, 0.2) is 5.13 Å². The van der Waals surface area contributed by atoms with Crippen LogP contribution in [0.5, 0.6) is 5.75 Å². The van der Waals surface area contributed by atoms with E-state index in [4.69, 9.17) is 9.72 Å². The number of carboxylic acid groups (broad SMARTS) is 1. The van der Waals surface area contributed by atoms with Gasteiger partial charge in [-0.2, -0.15) is 0 Å². The number of carbonyl (C=O) groups excluding carboxylic acids is 1. The number of aromatic nitrogens is 1. The zero-order valence-electron chi connectivity index (χ0n) is 24.4. The van der Waals surface area contributed by atoms with Crippen molar-refractivity contribution in [2.45, 2.75) is 65.4 Å². The average Bonchev–Trinajstić information content (AvgIpc) is 3.47. The topological polar surface area (TPSA) is 83.0 Å². The first kappa shape index (κ1) is 29.1. The summed E-state index contributed by atoms with van der Waals surface area (Å²) < 4.78 is 6.35. The highest BCUT2D eigenvalue weighted by Crippen LogP contribution is 2.36. The number of rotatable bonds is 9. The third-order valence-corrected chi connectivity index (χ3v) is 9.50. The Bertz CT molecular complexity index is 1370. The molecule has 1 amide bonds. The molecule has 2 fully saturated rings. The predicted molar refractivity (Wildman–Crippen MR) is 164 cm³/mol. The van der Waals surface area contributed by atoms with E-state index in [0.29, 0.717) is 38.5 Å². The number of piperidine rings is 1. The van der Waals surface area contributed by atoms with Gasteiger partial charge in [0, 0.05) is 43.2 Å². The molecule has 1 saturated heterocycles. The van der Waals surface area contributed by atoms with Crippen LogP contribution >= 0.6 is 11.3 Å². The van der Waals surface area contributed by atoms with Gasteiger partial charge in [0.25, 0.3) is 5.91 Å². The lowest BCUT2D eigenvalue weighted by atomic mass is 9.89. The normalized spacial score (nSPS) is 16.5. The number of hydrogen-bond acceptors (Lipinski definition) is 6. The first-order valence-corrected chi connectivity index (χ1v) is 15.7. The van der Waals surface area contributed by atoms with E-state index < -0.39 is 5.97 Å². The molecule has 0 atom stereocenters. The molecule has 1 N–H and O–H groups in total. The summed E-state index contributed by atoms with van der Waals surface area (Å²) in [5.41, 5.74) is 5.74. The fraction of sp³-hybridized carbons (Fsp3) is 0.485. The highest BCUT2D eigenvalue weighted by Gasteiger charge is 2.26. The van der Waals surface area contributed by atoms with Crippen molar-refractivity contribution < 1.29 is 19.4 Å². The Labute approximate surface area is 247 Å². The summed E-state index contributed by atoms with van der Waals surface area (Å²) in [4.78, 5) is 33.4. The molecule has 1 saturated carbocycles. The van der Waals surface area contributed by atoms with Crippen LogP contribution in [0.15, 0.2) is 41.8 Å². The van der Waals surface area contributed by atoms with Crippen molar-refractivity contribution in [1.29, 1.82) is 0 Å². The van der Waals surface area contributed by atoms with Crippen molar-refractivity contribution in [3.63, 3.8) is 0 Å². The van der Waals surface area contributed by atoms with Crippen molar-refractivity contribution in [3.8, 4) is 17.0 Å². The number of aryl methyl sites for hydroxylation is 2. The van der Waals surface area contributed by atoms with Crippen LogP contribution < -0.4 is 9.64 Å². The second-order valence-corrected chi connectivity index (χ2v) is 12.6. The van der Waals surface area contributed by atoms with Gasteiger partial charge in [0.05, 0.1) is 11.6 Å². The number of ether oxygens (including phenoxy) is 1. The average molecular weight is 576 g/mol. The summed E-state index contributed by atoms with van der Waals surface area (Å²) in [7, 11) is 1.92. The van der Waals surface area contributed by atoms with E-state index in [-0.39, 0.29) is 11.8 Å². The lowest BCUT2D eigenvalue weighted by Crippen LogP contribution is -2.36. The van der Waals surface area contributed by atoms with Crippen LogP contribution in [0.25, 0.3) is 11.3 Å². The summed E-state index contributed by atoms with van der Waals surface area (Å²) in [6, 6.07) is 12.0. The lowest BCUT2D eigenvalue weighted by Gasteiger charge is -2.29. The van der Waals surface area contributed by atoms with Gasteiger partial charge in [-0.05, 0) is 80.8 Å². The summed E-state index contributed by atoms with van der Waals surface area (Å²) in [5.74, 6) is 0.500. The Morgan fingerprint density at radius 3 is 2.51 bits per heavy atom. The van der Waals surface area contributed by atoms with Gasteiger partial charge >= 0.3 is 5.97 Å². The number of aliphatic carboxylic acids is 1. The summed E-state index contributed by atoms with van der Waals surface area (Å²) in [6.07, 6.45) is 7.61. The Balaban J connectivity index is 1.24. The molecule has 41 heavy (non-hydrogen) atoms. The SMILES string of the molecule is Cc1ccc(OCc2ccc(C(=O)N(C)CC3CCCCC3)cc2C)c(-c2csc(N3CCC(C(=O)O)CC3)n2)c1. The fourth-order valence-electron chi connectivity index (χ4n) is 6.03. The van der Waals surface area contributed by atoms with E-state index in [2.05, 4.69) is 23.3 Å². The largest absolute Gasteiger partial charge is 0.488 e. The van der Waals surface area contributed by atoms with E-state index >= 15 is 0 Å². The van der Waals surface area contributed by atoms with Crippen LogP contribution in [0.1, 0.15) is 72.0 Å². The minimum atomic E-state index is -0.704. The molecule has 1 aliphatic heterocycles. The Morgan fingerprint density at radius 1 is 1.05 bits per heavy atom. The second-order valence-electron chi connectivity index (χ2n) is 11.7. The number of benzene rings is 2. The van der Waals surface area contributed by atoms with Crippen molar-refractivity contribution in [2.75, 3.05) is 31.6 Å². The monoisotopic (exact) mass is 575 g/mol. The molecular weight excluding hydrogens is 534 g/mol. The minimum Gasteiger partial charge on any atom is -0.488 e. The molecule has 5 rings (SSSR count). The predicted octanol–water partition coefficient (Wildman–Crippen LogP) is 6.96. The summed E-state index contributed by atoms with van der Waals surface area (Å²) >= 11 is 1.59. The summed E-state index contributed by atoms with van der Waals surface area (Å²) in [5, 5.41) is 12.3. The van der Waals surface area contributed by atoms with Gasteiger partial charge in [0.1, 0.15) is 12.4 Å². The van der Waals surface area contributed by atoms with Crippen molar-refractivity contribution in [1.82, 2.24) is 9.88 Å². The molecule has 2 aliphatic rings. The van der Waals surface area contributed by atoms with E-state index in [1.54, 1.807) is 11.3 Å². The molecular formula is C33H41N3O4S. The first-order chi connectivity index (χ1) is 19.8. The van der Waals surface area contributed by atoms with Crippen molar-refractivity contribution in [2.24, 2.45) is 11.8 Å². The maximum atomic E-state index is 13.1. The number of amides is 1. The molecule has 0 bridgehead atoms. The van der Waals surface area contributed by atoms with Crippen LogP contribution in [-0.2, 0) is 11.4 Å². The quantitative estimate of drug-likeness (QED) is 0.297. The maximum absolute atomic E-state index is 13.1. The smallest absolute Gasteiger partial charge is 0.306 e. The zero-order valence-corrected chi connectivity index (χ0v) is 25.2. The number of anilines is 1. The van der Waals surface area contributed by atoms with Crippen molar-refractivity contribution >= 4 is 28.3 Å². The molecule has 0 radical (unpaired) electrons. The number of hydrogen-bond donors (Lipinski definition) is 1. The van der Waals surface area contributed by atoms with Crippen LogP contribution in [0.4, 0.5) is 5.13 Å². The van der Waals surface area contributed by atoms with Gasteiger partial charge in [-0.3, -0.25) is 9.59 Å². The van der Waals surface area contributed by atoms with E-state index in [9.17, 15) is 14.7 Å². The molecule has 0 spiro atoms. The molecule has 2 aromatic carbocycles. The van der Waals surface area contributed by atoms with Gasteiger partial charge < -0.3 is 19.6 Å². The lowest BCUT2D eigenvalue weighted by molar-refractivity contribution is -0.142. The third kappa shape index (κ3) is 7.10. The number of carbonyl (C=O) groups is 2. The summed E-state index contributed by atoms with van der Waals surface area (Å²) in [6.45, 7) is 6.73. The highest BCUT2D eigenvalue weighted by atomic mass is 32.1. The third-order valence-electron chi connectivity index (χ3n) is 8.59.